The summed E-state index contributed by atoms with van der Waals surface area (Å²) in [6, 6.07) is 11.6. The standard InChI is InChI=1S/C20H23N3O3S/c1-15-20(25)23(17-6-2-3-7-18(17)26-15)14-19(24)22-10-8-21(9-11-22)13-16-5-4-12-27-16/h2-7,12,15H,8-11,13-14H2,1H3. The summed E-state index contributed by atoms with van der Waals surface area (Å²) in [5.41, 5.74) is 0.672. The van der Waals surface area contributed by atoms with Gasteiger partial charge in [0.25, 0.3) is 5.91 Å². The molecule has 0 radical (unpaired) electrons. The van der Waals surface area contributed by atoms with Crippen LogP contribution in [0.5, 0.6) is 5.75 Å². The van der Waals surface area contributed by atoms with Crippen LogP contribution < -0.4 is 9.64 Å². The maximum Gasteiger partial charge on any atom is 0.268 e. The minimum absolute atomic E-state index is 0.0111. The summed E-state index contributed by atoms with van der Waals surface area (Å²) in [5, 5.41) is 2.09. The van der Waals surface area contributed by atoms with Crippen molar-refractivity contribution in [1.82, 2.24) is 9.80 Å². The van der Waals surface area contributed by atoms with Crippen molar-refractivity contribution in [3.63, 3.8) is 0 Å². The van der Waals surface area contributed by atoms with E-state index in [-0.39, 0.29) is 18.4 Å². The number of carbonyl (C=O) groups excluding carboxylic acids is 2. The van der Waals surface area contributed by atoms with Crippen LogP contribution in [0.15, 0.2) is 41.8 Å². The maximum absolute atomic E-state index is 12.8. The molecule has 1 saturated heterocycles. The first kappa shape index (κ1) is 18.0. The molecule has 2 aliphatic heterocycles. The number of carbonyl (C=O) groups is 2. The Labute approximate surface area is 162 Å². The van der Waals surface area contributed by atoms with Crippen LogP contribution >= 0.6 is 11.3 Å². The number of anilines is 1. The fourth-order valence-electron chi connectivity index (χ4n) is 3.54. The van der Waals surface area contributed by atoms with Crippen molar-refractivity contribution >= 4 is 28.8 Å². The molecule has 0 spiro atoms. The van der Waals surface area contributed by atoms with Gasteiger partial charge in [-0.2, -0.15) is 0 Å². The van der Waals surface area contributed by atoms with Crippen molar-refractivity contribution in [1.29, 1.82) is 0 Å². The second-order valence-electron chi connectivity index (χ2n) is 6.89. The number of hydrogen-bond acceptors (Lipinski definition) is 5. The molecule has 1 atom stereocenters. The highest BCUT2D eigenvalue weighted by molar-refractivity contribution is 7.09. The van der Waals surface area contributed by atoms with Crippen molar-refractivity contribution < 1.29 is 14.3 Å². The van der Waals surface area contributed by atoms with Gasteiger partial charge in [0.05, 0.1) is 5.69 Å². The van der Waals surface area contributed by atoms with Crippen molar-refractivity contribution in [2.24, 2.45) is 0 Å². The normalized spacial score (nSPS) is 20.3. The van der Waals surface area contributed by atoms with Crippen LogP contribution in [0.3, 0.4) is 0 Å². The molecule has 27 heavy (non-hydrogen) atoms. The Hall–Kier alpha value is -2.38. The van der Waals surface area contributed by atoms with Crippen molar-refractivity contribution in [2.75, 3.05) is 37.6 Å². The molecule has 0 saturated carbocycles. The highest BCUT2D eigenvalue weighted by Crippen LogP contribution is 2.33. The van der Waals surface area contributed by atoms with Gasteiger partial charge < -0.3 is 9.64 Å². The SMILES string of the molecule is CC1Oc2ccccc2N(CC(=O)N2CCN(Cc3cccs3)CC2)C1=O. The van der Waals surface area contributed by atoms with Gasteiger partial charge in [0, 0.05) is 37.6 Å². The molecule has 7 heteroatoms. The molecule has 2 aromatic rings. The summed E-state index contributed by atoms with van der Waals surface area (Å²) in [7, 11) is 0. The zero-order valence-electron chi connectivity index (χ0n) is 15.3. The van der Waals surface area contributed by atoms with E-state index in [1.807, 2.05) is 29.2 Å². The number of benzene rings is 1. The molecule has 1 aromatic carbocycles. The van der Waals surface area contributed by atoms with Crippen LogP contribution in [0.1, 0.15) is 11.8 Å². The number of piperazine rings is 1. The second kappa shape index (κ2) is 7.70. The van der Waals surface area contributed by atoms with E-state index in [0.717, 1.165) is 19.6 Å². The molecule has 2 aliphatic rings. The predicted octanol–water partition coefficient (Wildman–Crippen LogP) is 2.21. The van der Waals surface area contributed by atoms with E-state index in [1.165, 1.54) is 4.88 Å². The molecule has 0 bridgehead atoms. The summed E-state index contributed by atoms with van der Waals surface area (Å²) < 4.78 is 5.64. The van der Waals surface area contributed by atoms with E-state index in [2.05, 4.69) is 22.4 Å². The van der Waals surface area contributed by atoms with Crippen molar-refractivity contribution in [3.05, 3.63) is 46.7 Å². The molecule has 1 aromatic heterocycles. The molecule has 4 rings (SSSR count). The number of amides is 2. The van der Waals surface area contributed by atoms with Crippen molar-refractivity contribution in [2.45, 2.75) is 19.6 Å². The molecule has 6 nitrogen and oxygen atoms in total. The first-order chi connectivity index (χ1) is 13.1. The largest absolute Gasteiger partial charge is 0.479 e. The van der Waals surface area contributed by atoms with Gasteiger partial charge in [-0.3, -0.25) is 19.4 Å². The van der Waals surface area contributed by atoms with Crippen LogP contribution in [0.25, 0.3) is 0 Å². The Balaban J connectivity index is 1.37. The number of thiophene rings is 1. The zero-order valence-corrected chi connectivity index (χ0v) is 16.2. The van der Waals surface area contributed by atoms with Gasteiger partial charge in [0.2, 0.25) is 5.91 Å². The molecule has 1 unspecified atom stereocenters. The van der Waals surface area contributed by atoms with Gasteiger partial charge >= 0.3 is 0 Å². The Morgan fingerprint density at radius 3 is 2.67 bits per heavy atom. The van der Waals surface area contributed by atoms with Gasteiger partial charge in [-0.25, -0.2) is 0 Å². The molecule has 1 fully saturated rings. The van der Waals surface area contributed by atoms with E-state index in [9.17, 15) is 9.59 Å². The summed E-state index contributed by atoms with van der Waals surface area (Å²) >= 11 is 1.76. The fraction of sp³-hybridized carbons (Fsp3) is 0.400. The Morgan fingerprint density at radius 1 is 1.15 bits per heavy atom. The third-order valence-electron chi connectivity index (χ3n) is 5.05. The average Bonchev–Trinajstić information content (AvgIpc) is 3.19. The highest BCUT2D eigenvalue weighted by atomic mass is 32.1. The second-order valence-corrected chi connectivity index (χ2v) is 7.92. The van der Waals surface area contributed by atoms with Crippen LogP contribution in [0.4, 0.5) is 5.69 Å². The van der Waals surface area contributed by atoms with Crippen LogP contribution in [-0.2, 0) is 16.1 Å². The molecule has 0 aliphatic carbocycles. The number of ether oxygens (including phenoxy) is 1. The van der Waals surface area contributed by atoms with E-state index >= 15 is 0 Å². The predicted molar refractivity (Wildman–Crippen MR) is 105 cm³/mol. The molecule has 142 valence electrons. The highest BCUT2D eigenvalue weighted by Gasteiger charge is 2.34. The van der Waals surface area contributed by atoms with Crippen LogP contribution in [0, 0.1) is 0 Å². The Morgan fingerprint density at radius 2 is 1.93 bits per heavy atom. The zero-order chi connectivity index (χ0) is 18.8. The first-order valence-corrected chi connectivity index (χ1v) is 10.1. The van der Waals surface area contributed by atoms with Gasteiger partial charge in [-0.05, 0) is 30.5 Å². The van der Waals surface area contributed by atoms with Crippen LogP contribution in [0.2, 0.25) is 0 Å². The molecular weight excluding hydrogens is 362 g/mol. The van der Waals surface area contributed by atoms with E-state index < -0.39 is 6.10 Å². The lowest BCUT2D eigenvalue weighted by Gasteiger charge is -2.37. The maximum atomic E-state index is 12.8. The van der Waals surface area contributed by atoms with E-state index in [4.69, 9.17) is 4.74 Å². The third-order valence-corrected chi connectivity index (χ3v) is 5.91. The summed E-state index contributed by atoms with van der Waals surface area (Å²) in [5.74, 6) is 0.472. The molecule has 2 amide bonds. The summed E-state index contributed by atoms with van der Waals surface area (Å²) in [4.78, 5) is 32.5. The van der Waals surface area contributed by atoms with Gasteiger partial charge in [0.1, 0.15) is 12.3 Å². The summed E-state index contributed by atoms with van der Waals surface area (Å²) in [6.45, 7) is 5.82. The number of para-hydroxylation sites is 2. The Bertz CT molecular complexity index is 816. The average molecular weight is 385 g/mol. The first-order valence-electron chi connectivity index (χ1n) is 9.21. The van der Waals surface area contributed by atoms with Crippen LogP contribution in [-0.4, -0.2) is 60.4 Å². The minimum atomic E-state index is -0.574. The van der Waals surface area contributed by atoms with E-state index in [1.54, 1.807) is 23.2 Å². The smallest absolute Gasteiger partial charge is 0.268 e. The quantitative estimate of drug-likeness (QED) is 0.810. The van der Waals surface area contributed by atoms with Gasteiger partial charge in [-0.15, -0.1) is 11.3 Å². The molecular formula is C20H23N3O3S. The number of rotatable bonds is 4. The van der Waals surface area contributed by atoms with Gasteiger partial charge in [0.15, 0.2) is 6.10 Å². The van der Waals surface area contributed by atoms with E-state index in [0.29, 0.717) is 24.5 Å². The lowest BCUT2D eigenvalue weighted by atomic mass is 10.2. The monoisotopic (exact) mass is 385 g/mol. The number of hydrogen-bond donors (Lipinski definition) is 0. The minimum Gasteiger partial charge on any atom is -0.479 e. The lowest BCUT2D eigenvalue weighted by molar-refractivity contribution is -0.134. The fourth-order valence-corrected chi connectivity index (χ4v) is 4.28. The topological polar surface area (TPSA) is 53.1 Å². The Kier molecular flexibility index (Phi) is 5.13. The summed E-state index contributed by atoms with van der Waals surface area (Å²) in [6.07, 6.45) is -0.574. The molecule has 3 heterocycles. The lowest BCUT2D eigenvalue weighted by Crippen LogP contribution is -2.53. The molecule has 0 N–H and O–H groups in total. The number of nitrogens with zero attached hydrogens (tertiary/aromatic N) is 3. The third kappa shape index (κ3) is 3.84. The van der Waals surface area contributed by atoms with Gasteiger partial charge in [-0.1, -0.05) is 18.2 Å². The van der Waals surface area contributed by atoms with Crippen molar-refractivity contribution in [3.8, 4) is 5.75 Å². The number of fused-ring (bicyclic) bond motifs is 1.